The van der Waals surface area contributed by atoms with Crippen molar-refractivity contribution in [2.45, 2.75) is 6.10 Å². The van der Waals surface area contributed by atoms with Gasteiger partial charge in [-0.1, -0.05) is 29.8 Å². The summed E-state index contributed by atoms with van der Waals surface area (Å²) in [4.78, 5) is 10.6. The summed E-state index contributed by atoms with van der Waals surface area (Å²) in [5, 5.41) is 19.1. The molecule has 0 spiro atoms. The van der Waals surface area contributed by atoms with E-state index in [2.05, 4.69) is 0 Å². The van der Waals surface area contributed by atoms with E-state index in [9.17, 15) is 9.90 Å². The summed E-state index contributed by atoms with van der Waals surface area (Å²) in [5.41, 5.74) is 0.473. The van der Waals surface area contributed by atoms with E-state index in [0.717, 1.165) is 0 Å². The minimum atomic E-state index is -1.18. The minimum Gasteiger partial charge on any atom is -0.475 e. The van der Waals surface area contributed by atoms with Gasteiger partial charge in [0.2, 0.25) is 5.76 Å². The van der Waals surface area contributed by atoms with Gasteiger partial charge in [-0.15, -0.1) is 0 Å². The summed E-state index contributed by atoms with van der Waals surface area (Å²) >= 11 is 5.92. The Morgan fingerprint density at radius 1 is 1.24 bits per heavy atom. The number of rotatable bonds is 3. The van der Waals surface area contributed by atoms with Gasteiger partial charge in [0, 0.05) is 10.6 Å². The van der Waals surface area contributed by atoms with Crippen LogP contribution < -0.4 is 0 Å². The number of halogens is 1. The maximum absolute atomic E-state index is 10.6. The molecule has 0 aliphatic rings. The Balaban J connectivity index is 2.34. The second kappa shape index (κ2) is 4.61. The average molecular weight is 253 g/mol. The van der Waals surface area contributed by atoms with Gasteiger partial charge in [0.15, 0.2) is 0 Å². The van der Waals surface area contributed by atoms with Crippen molar-refractivity contribution in [1.29, 1.82) is 0 Å². The number of carboxylic acid groups (broad SMARTS) is 1. The molecule has 2 rings (SSSR count). The van der Waals surface area contributed by atoms with Crippen molar-refractivity contribution >= 4 is 17.6 Å². The molecule has 0 aliphatic carbocycles. The third-order valence-electron chi connectivity index (χ3n) is 2.31. The molecule has 0 radical (unpaired) electrons. The summed E-state index contributed by atoms with van der Waals surface area (Å²) in [6.07, 6.45) is -1.07. The number of aliphatic hydroxyl groups excluding tert-OH is 1. The van der Waals surface area contributed by atoms with Crippen molar-refractivity contribution in [2.24, 2.45) is 0 Å². The number of carbonyl (C=O) groups is 1. The monoisotopic (exact) mass is 252 g/mol. The Morgan fingerprint density at radius 2 is 1.94 bits per heavy atom. The summed E-state index contributed by atoms with van der Waals surface area (Å²) in [6, 6.07) is 9.46. The lowest BCUT2D eigenvalue weighted by Crippen LogP contribution is -1.99. The second-order valence-electron chi connectivity index (χ2n) is 3.43. The average Bonchev–Trinajstić information content (AvgIpc) is 2.78. The van der Waals surface area contributed by atoms with Crippen molar-refractivity contribution in [3.05, 3.63) is 58.5 Å². The van der Waals surface area contributed by atoms with E-state index >= 15 is 0 Å². The number of hydrogen-bond donors (Lipinski definition) is 2. The SMILES string of the molecule is O=C(O)c1ccc(C(O)c2ccccc2Cl)o1. The first-order valence-electron chi connectivity index (χ1n) is 4.85. The smallest absolute Gasteiger partial charge is 0.371 e. The molecule has 0 fully saturated rings. The van der Waals surface area contributed by atoms with Crippen LogP contribution in [-0.2, 0) is 0 Å². The molecule has 0 saturated carbocycles. The zero-order chi connectivity index (χ0) is 12.4. The molecule has 4 nitrogen and oxygen atoms in total. The van der Waals surface area contributed by atoms with Crippen LogP contribution in [0.4, 0.5) is 0 Å². The van der Waals surface area contributed by atoms with Gasteiger partial charge in [0.25, 0.3) is 0 Å². The Labute approximate surface area is 102 Å². The van der Waals surface area contributed by atoms with Gasteiger partial charge in [-0.2, -0.15) is 0 Å². The van der Waals surface area contributed by atoms with Crippen LogP contribution in [0.1, 0.15) is 28.0 Å². The van der Waals surface area contributed by atoms with E-state index in [-0.39, 0.29) is 11.5 Å². The summed E-state index contributed by atoms with van der Waals surface area (Å²) in [5.74, 6) is -1.25. The van der Waals surface area contributed by atoms with Crippen LogP contribution in [0.25, 0.3) is 0 Å². The summed E-state index contributed by atoms with van der Waals surface area (Å²) < 4.78 is 5.01. The van der Waals surface area contributed by atoms with Crippen LogP contribution in [-0.4, -0.2) is 16.2 Å². The van der Waals surface area contributed by atoms with E-state index in [1.165, 1.54) is 12.1 Å². The molecule has 0 bridgehead atoms. The van der Waals surface area contributed by atoms with Gasteiger partial charge < -0.3 is 14.6 Å². The van der Waals surface area contributed by atoms with Crippen LogP contribution in [0.3, 0.4) is 0 Å². The Bertz CT molecular complexity index is 547. The standard InChI is InChI=1S/C12H9ClO4/c13-8-4-2-1-3-7(8)11(14)9-5-6-10(17-9)12(15)16/h1-6,11,14H,(H,15,16). The number of aromatic carboxylic acids is 1. The number of hydrogen-bond acceptors (Lipinski definition) is 3. The third-order valence-corrected chi connectivity index (χ3v) is 2.65. The lowest BCUT2D eigenvalue weighted by molar-refractivity contribution is 0.0655. The highest BCUT2D eigenvalue weighted by Crippen LogP contribution is 2.28. The Morgan fingerprint density at radius 3 is 2.53 bits per heavy atom. The lowest BCUT2D eigenvalue weighted by atomic mass is 10.1. The van der Waals surface area contributed by atoms with E-state index < -0.39 is 12.1 Å². The number of benzene rings is 1. The first-order chi connectivity index (χ1) is 8.09. The molecular formula is C12H9ClO4. The van der Waals surface area contributed by atoms with Gasteiger partial charge in [-0.25, -0.2) is 4.79 Å². The molecule has 0 amide bonds. The lowest BCUT2D eigenvalue weighted by Gasteiger charge is -2.09. The van der Waals surface area contributed by atoms with Crippen molar-refractivity contribution in [1.82, 2.24) is 0 Å². The molecule has 0 saturated heterocycles. The molecule has 1 unspecified atom stereocenters. The number of aliphatic hydroxyl groups is 1. The highest BCUT2D eigenvalue weighted by Gasteiger charge is 2.19. The van der Waals surface area contributed by atoms with Crippen molar-refractivity contribution in [3.63, 3.8) is 0 Å². The maximum atomic E-state index is 10.6. The maximum Gasteiger partial charge on any atom is 0.371 e. The molecule has 5 heteroatoms. The van der Waals surface area contributed by atoms with E-state index in [4.69, 9.17) is 21.1 Å². The van der Waals surface area contributed by atoms with Crippen LogP contribution >= 0.6 is 11.6 Å². The molecule has 2 aromatic rings. The fourth-order valence-electron chi connectivity index (χ4n) is 1.46. The van der Waals surface area contributed by atoms with Crippen LogP contribution in [0.2, 0.25) is 5.02 Å². The third kappa shape index (κ3) is 2.33. The minimum absolute atomic E-state index is 0.149. The predicted molar refractivity (Wildman–Crippen MR) is 61.2 cm³/mol. The number of furan rings is 1. The molecule has 1 aromatic carbocycles. The zero-order valence-corrected chi connectivity index (χ0v) is 9.39. The largest absolute Gasteiger partial charge is 0.475 e. The normalized spacial score (nSPS) is 12.4. The van der Waals surface area contributed by atoms with Gasteiger partial charge in [0.1, 0.15) is 11.9 Å². The molecule has 88 valence electrons. The van der Waals surface area contributed by atoms with Crippen LogP contribution in [0, 0.1) is 0 Å². The van der Waals surface area contributed by atoms with E-state index in [1.807, 2.05) is 0 Å². The van der Waals surface area contributed by atoms with Crippen molar-refractivity contribution in [3.8, 4) is 0 Å². The fraction of sp³-hybridized carbons (Fsp3) is 0.0833. The first-order valence-corrected chi connectivity index (χ1v) is 5.23. The molecule has 17 heavy (non-hydrogen) atoms. The highest BCUT2D eigenvalue weighted by molar-refractivity contribution is 6.31. The molecular weight excluding hydrogens is 244 g/mol. The molecule has 1 heterocycles. The van der Waals surface area contributed by atoms with Gasteiger partial charge in [-0.05, 0) is 18.2 Å². The quantitative estimate of drug-likeness (QED) is 0.881. The highest BCUT2D eigenvalue weighted by atomic mass is 35.5. The molecule has 0 aliphatic heterocycles. The molecule has 1 atom stereocenters. The van der Waals surface area contributed by atoms with E-state index in [1.54, 1.807) is 24.3 Å². The molecule has 2 N–H and O–H groups in total. The first kappa shape index (κ1) is 11.7. The van der Waals surface area contributed by atoms with E-state index in [0.29, 0.717) is 10.6 Å². The van der Waals surface area contributed by atoms with Gasteiger partial charge in [-0.3, -0.25) is 0 Å². The van der Waals surface area contributed by atoms with Gasteiger partial charge >= 0.3 is 5.97 Å². The predicted octanol–water partition coefficient (Wildman–Crippen LogP) is 2.71. The molecule has 1 aromatic heterocycles. The zero-order valence-electron chi connectivity index (χ0n) is 8.63. The fourth-order valence-corrected chi connectivity index (χ4v) is 1.70. The summed E-state index contributed by atoms with van der Waals surface area (Å²) in [7, 11) is 0. The summed E-state index contributed by atoms with van der Waals surface area (Å²) in [6.45, 7) is 0. The topological polar surface area (TPSA) is 70.7 Å². The van der Waals surface area contributed by atoms with Crippen LogP contribution in [0.5, 0.6) is 0 Å². The van der Waals surface area contributed by atoms with Crippen molar-refractivity contribution in [2.75, 3.05) is 0 Å². The van der Waals surface area contributed by atoms with Gasteiger partial charge in [0.05, 0.1) is 0 Å². The number of carboxylic acids is 1. The second-order valence-corrected chi connectivity index (χ2v) is 3.84. The Hall–Kier alpha value is -1.78. The van der Waals surface area contributed by atoms with Crippen LogP contribution in [0.15, 0.2) is 40.8 Å². The Kier molecular flexibility index (Phi) is 3.17. The van der Waals surface area contributed by atoms with Crippen molar-refractivity contribution < 1.29 is 19.4 Å².